The number of fused-ring (bicyclic) bond motifs is 3. The number of benzene rings is 12. The van der Waals surface area contributed by atoms with Gasteiger partial charge in [-0.2, -0.15) is 0 Å². The quantitative estimate of drug-likeness (QED) is 0.115. The summed E-state index contributed by atoms with van der Waals surface area (Å²) < 4.78 is 6.38. The summed E-state index contributed by atoms with van der Waals surface area (Å²) in [6, 6.07) is 111. The molecule has 0 unspecified atom stereocenters. The SMILES string of the molecule is c1ccc(-c2ccc(N(c3ccccc3)c3cc(N(c4ccccc4)c4ccc(-c5ccccc5)cc4)cc(N(c4ccccc4)c4ccc(-c5ccc6oc7ccc(-c8ccccc8)cc7c6c5)cc4)c3)cc2)cc1. The molecule has 13 rings (SSSR count). The van der Waals surface area contributed by atoms with Crippen LogP contribution in [0.5, 0.6) is 0 Å². The third kappa shape index (κ3) is 9.17. The van der Waals surface area contributed by atoms with Crippen LogP contribution in [0.3, 0.4) is 0 Å². The van der Waals surface area contributed by atoms with Gasteiger partial charge in [-0.25, -0.2) is 0 Å². The lowest BCUT2D eigenvalue weighted by atomic mass is 10.00. The molecule has 1 aromatic heterocycles. The Balaban J connectivity index is 0.971. The van der Waals surface area contributed by atoms with Gasteiger partial charge in [0.05, 0.1) is 17.1 Å². The average molecular weight is 974 g/mol. The van der Waals surface area contributed by atoms with Crippen LogP contribution in [-0.2, 0) is 0 Å². The van der Waals surface area contributed by atoms with E-state index in [0.29, 0.717) is 0 Å². The maximum atomic E-state index is 6.38. The third-order valence-electron chi connectivity index (χ3n) is 14.2. The minimum atomic E-state index is 0.875. The predicted octanol–water partition coefficient (Wildman–Crippen LogP) is 20.7. The van der Waals surface area contributed by atoms with Gasteiger partial charge < -0.3 is 19.1 Å². The molecule has 0 aliphatic carbocycles. The molecule has 0 spiro atoms. The van der Waals surface area contributed by atoms with Crippen molar-refractivity contribution in [2.24, 2.45) is 0 Å². The number of furan rings is 1. The van der Waals surface area contributed by atoms with Crippen molar-refractivity contribution in [3.8, 4) is 44.5 Å². The van der Waals surface area contributed by atoms with Crippen LogP contribution in [-0.4, -0.2) is 0 Å². The molecular weight excluding hydrogens is 923 g/mol. The molecule has 12 aromatic carbocycles. The first-order chi connectivity index (χ1) is 37.7. The lowest BCUT2D eigenvalue weighted by molar-refractivity contribution is 0.669. The van der Waals surface area contributed by atoms with E-state index in [-0.39, 0.29) is 0 Å². The Hall–Kier alpha value is -10.2. The average Bonchev–Trinajstić information content (AvgIpc) is 3.87. The maximum absolute atomic E-state index is 6.38. The molecule has 4 heteroatoms. The number of hydrogen-bond donors (Lipinski definition) is 0. The third-order valence-corrected chi connectivity index (χ3v) is 14.2. The summed E-state index contributed by atoms with van der Waals surface area (Å²) in [5.74, 6) is 0. The smallest absolute Gasteiger partial charge is 0.135 e. The van der Waals surface area contributed by atoms with Crippen molar-refractivity contribution in [2.75, 3.05) is 14.7 Å². The van der Waals surface area contributed by atoms with Gasteiger partial charge in [0.15, 0.2) is 0 Å². The van der Waals surface area contributed by atoms with Gasteiger partial charge in [0, 0.05) is 44.9 Å². The number of hydrogen-bond acceptors (Lipinski definition) is 4. The molecule has 0 N–H and O–H groups in total. The van der Waals surface area contributed by atoms with Crippen molar-refractivity contribution < 1.29 is 4.42 Å². The summed E-state index contributed by atoms with van der Waals surface area (Å²) >= 11 is 0. The van der Waals surface area contributed by atoms with Gasteiger partial charge in [-0.05, 0) is 160 Å². The minimum Gasteiger partial charge on any atom is -0.456 e. The Morgan fingerprint density at radius 3 is 0.697 bits per heavy atom. The second-order valence-electron chi connectivity index (χ2n) is 19.0. The highest BCUT2D eigenvalue weighted by molar-refractivity contribution is 6.07. The molecule has 0 radical (unpaired) electrons. The fraction of sp³-hybridized carbons (Fsp3) is 0. The van der Waals surface area contributed by atoms with Crippen molar-refractivity contribution >= 4 is 73.1 Å². The second-order valence-corrected chi connectivity index (χ2v) is 19.0. The molecule has 0 fully saturated rings. The van der Waals surface area contributed by atoms with E-state index >= 15 is 0 Å². The summed E-state index contributed by atoms with van der Waals surface area (Å²) in [7, 11) is 0. The van der Waals surface area contributed by atoms with Gasteiger partial charge in [0.2, 0.25) is 0 Å². The van der Waals surface area contributed by atoms with Crippen LogP contribution in [0.1, 0.15) is 0 Å². The summed E-state index contributed by atoms with van der Waals surface area (Å²) in [5.41, 5.74) is 20.3. The van der Waals surface area contributed by atoms with E-state index in [1.807, 2.05) is 0 Å². The molecule has 0 bridgehead atoms. The zero-order valence-corrected chi connectivity index (χ0v) is 41.7. The van der Waals surface area contributed by atoms with Crippen LogP contribution in [0.25, 0.3) is 66.4 Å². The van der Waals surface area contributed by atoms with Crippen LogP contribution >= 0.6 is 0 Å². The molecule has 0 saturated heterocycles. The number of nitrogens with zero attached hydrogens (tertiary/aromatic N) is 3. The molecule has 1 heterocycles. The number of anilines is 9. The molecule has 13 aromatic rings. The number of para-hydroxylation sites is 3. The Morgan fingerprint density at radius 2 is 0.395 bits per heavy atom. The molecule has 0 amide bonds. The number of rotatable bonds is 13. The van der Waals surface area contributed by atoms with E-state index < -0.39 is 0 Å². The van der Waals surface area contributed by atoms with E-state index in [2.05, 4.69) is 324 Å². The molecule has 76 heavy (non-hydrogen) atoms. The summed E-state index contributed by atoms with van der Waals surface area (Å²) in [6.45, 7) is 0. The van der Waals surface area contributed by atoms with Crippen LogP contribution in [0.15, 0.2) is 314 Å². The molecule has 360 valence electrons. The molecular formula is C72H51N3O. The molecule has 0 atom stereocenters. The zero-order valence-electron chi connectivity index (χ0n) is 41.7. The Bertz CT molecular complexity index is 3910. The van der Waals surface area contributed by atoms with Crippen molar-refractivity contribution in [3.05, 3.63) is 309 Å². The van der Waals surface area contributed by atoms with Gasteiger partial charge in [-0.1, -0.05) is 194 Å². The second kappa shape index (κ2) is 20.4. The Morgan fingerprint density at radius 1 is 0.171 bits per heavy atom. The first-order valence-electron chi connectivity index (χ1n) is 25.8. The molecule has 0 saturated carbocycles. The molecule has 0 aliphatic heterocycles. The van der Waals surface area contributed by atoms with E-state index in [1.54, 1.807) is 0 Å². The zero-order chi connectivity index (χ0) is 50.6. The van der Waals surface area contributed by atoms with Crippen molar-refractivity contribution in [2.45, 2.75) is 0 Å². The highest BCUT2D eigenvalue weighted by Crippen LogP contribution is 2.47. The largest absolute Gasteiger partial charge is 0.456 e. The molecule has 4 nitrogen and oxygen atoms in total. The van der Waals surface area contributed by atoms with E-state index in [1.165, 1.54) is 22.3 Å². The highest BCUT2D eigenvalue weighted by Gasteiger charge is 2.23. The van der Waals surface area contributed by atoms with Gasteiger partial charge in [-0.15, -0.1) is 0 Å². The summed E-state index contributed by atoms with van der Waals surface area (Å²) in [4.78, 5) is 7.11. The van der Waals surface area contributed by atoms with Gasteiger partial charge in [0.1, 0.15) is 11.2 Å². The Kier molecular flexibility index (Phi) is 12.3. The van der Waals surface area contributed by atoms with Gasteiger partial charge >= 0.3 is 0 Å². The molecule has 0 aliphatic rings. The van der Waals surface area contributed by atoms with Crippen LogP contribution < -0.4 is 14.7 Å². The Labute approximate surface area is 443 Å². The monoisotopic (exact) mass is 973 g/mol. The van der Waals surface area contributed by atoms with Crippen LogP contribution in [0, 0.1) is 0 Å². The minimum absolute atomic E-state index is 0.875. The van der Waals surface area contributed by atoms with Crippen LogP contribution in [0.2, 0.25) is 0 Å². The van der Waals surface area contributed by atoms with Crippen molar-refractivity contribution in [1.82, 2.24) is 0 Å². The highest BCUT2D eigenvalue weighted by atomic mass is 16.3. The van der Waals surface area contributed by atoms with E-state index in [4.69, 9.17) is 4.42 Å². The summed E-state index contributed by atoms with van der Waals surface area (Å²) in [6.07, 6.45) is 0. The maximum Gasteiger partial charge on any atom is 0.135 e. The summed E-state index contributed by atoms with van der Waals surface area (Å²) in [5, 5.41) is 2.20. The van der Waals surface area contributed by atoms with E-state index in [9.17, 15) is 0 Å². The van der Waals surface area contributed by atoms with Crippen molar-refractivity contribution in [1.29, 1.82) is 0 Å². The van der Waals surface area contributed by atoms with E-state index in [0.717, 1.165) is 95.4 Å². The predicted molar refractivity (Wildman–Crippen MR) is 320 cm³/mol. The first-order valence-corrected chi connectivity index (χ1v) is 25.8. The van der Waals surface area contributed by atoms with Gasteiger partial charge in [0.25, 0.3) is 0 Å². The lowest BCUT2D eigenvalue weighted by Crippen LogP contribution is -2.16. The first kappa shape index (κ1) is 45.7. The van der Waals surface area contributed by atoms with Gasteiger partial charge in [-0.3, -0.25) is 0 Å². The van der Waals surface area contributed by atoms with Crippen LogP contribution in [0.4, 0.5) is 51.2 Å². The standard InChI is InChI=1S/C72H51N3O/c1-7-19-52(20-8-1)55-31-39-63(40-32-55)73(60-25-13-4-14-26-60)66-49-67(74(61-27-15-5-16-28-61)64-41-33-56(34-42-64)53-21-9-2-10-22-53)51-68(50-66)75(62-29-17-6-18-30-62)65-43-35-57(36-44-65)59-38-46-72-70(48-59)69-47-58(37-45-71(69)76-72)54-23-11-3-12-24-54/h1-51H. The fourth-order valence-electron chi connectivity index (χ4n) is 10.5. The lowest BCUT2D eigenvalue weighted by Gasteiger charge is -2.33. The van der Waals surface area contributed by atoms with Crippen molar-refractivity contribution in [3.63, 3.8) is 0 Å². The normalized spacial score (nSPS) is 11.2. The topological polar surface area (TPSA) is 22.9 Å². The fourth-order valence-corrected chi connectivity index (χ4v) is 10.5.